The molecule has 0 aliphatic rings. The van der Waals surface area contributed by atoms with Crippen molar-refractivity contribution in [2.45, 2.75) is 20.1 Å². The number of carbonyl (C=O) groups is 2. The van der Waals surface area contributed by atoms with Crippen LogP contribution >= 0.6 is 0 Å². The number of alkyl halides is 2. The molecule has 1 aromatic carbocycles. The van der Waals surface area contributed by atoms with E-state index in [0.717, 1.165) is 0 Å². The number of ketones is 1. The summed E-state index contributed by atoms with van der Waals surface area (Å²) in [5.74, 6) is -0.938. The summed E-state index contributed by atoms with van der Waals surface area (Å²) < 4.78 is 33.9. The van der Waals surface area contributed by atoms with E-state index in [2.05, 4.69) is 9.72 Å². The molecule has 0 amide bonds. The number of benzene rings is 1. The number of ether oxygens (including phenoxy) is 2. The summed E-state index contributed by atoms with van der Waals surface area (Å²) in [6.45, 7) is -1.81. The van der Waals surface area contributed by atoms with E-state index in [0.29, 0.717) is 11.1 Å². The number of H-pyrrole nitrogens is 1. The van der Waals surface area contributed by atoms with Crippen molar-refractivity contribution < 1.29 is 27.8 Å². The monoisotopic (exact) mass is 309 g/mol. The van der Waals surface area contributed by atoms with Crippen molar-refractivity contribution in [1.29, 1.82) is 0 Å². The molecule has 5 nitrogen and oxygen atoms in total. The number of aromatic nitrogens is 1. The molecule has 22 heavy (non-hydrogen) atoms. The van der Waals surface area contributed by atoms with Gasteiger partial charge in [0.05, 0.1) is 0 Å². The molecule has 0 saturated carbocycles. The molecule has 0 saturated heterocycles. The number of halogens is 2. The van der Waals surface area contributed by atoms with Crippen molar-refractivity contribution in [2.75, 3.05) is 0 Å². The summed E-state index contributed by atoms with van der Waals surface area (Å²) in [5.41, 5.74) is 0.778. The molecule has 0 aliphatic carbocycles. The van der Waals surface area contributed by atoms with Crippen molar-refractivity contribution in [3.63, 3.8) is 0 Å². The molecule has 0 bridgehead atoms. The molecule has 0 spiro atoms. The zero-order chi connectivity index (χ0) is 16.1. The number of esters is 1. The van der Waals surface area contributed by atoms with Crippen LogP contribution in [0.4, 0.5) is 8.78 Å². The Morgan fingerprint density at radius 3 is 2.64 bits per heavy atom. The smallest absolute Gasteiger partial charge is 0.387 e. The average Bonchev–Trinajstić information content (AvgIpc) is 2.95. The first kappa shape index (κ1) is 15.7. The molecule has 2 rings (SSSR count). The van der Waals surface area contributed by atoms with E-state index in [9.17, 15) is 18.4 Å². The van der Waals surface area contributed by atoms with Crippen LogP contribution in [0, 0.1) is 0 Å². The zero-order valence-electron chi connectivity index (χ0n) is 11.6. The average molecular weight is 309 g/mol. The number of rotatable bonds is 6. The summed E-state index contributed by atoms with van der Waals surface area (Å²) in [4.78, 5) is 25.6. The topological polar surface area (TPSA) is 68.4 Å². The number of para-hydroxylation sites is 1. The number of aromatic amines is 1. The third-order valence-corrected chi connectivity index (χ3v) is 2.86. The number of hydrogen-bond donors (Lipinski definition) is 1. The lowest BCUT2D eigenvalue weighted by molar-refractivity contribution is -0.0510. The molecular formula is C15H13F2NO4. The van der Waals surface area contributed by atoms with Crippen LogP contribution in [0.1, 0.15) is 33.3 Å². The molecular weight excluding hydrogens is 296 g/mol. The lowest BCUT2D eigenvalue weighted by Crippen LogP contribution is -2.08. The van der Waals surface area contributed by atoms with Crippen LogP contribution in [0.25, 0.3) is 0 Å². The molecule has 7 heteroatoms. The summed E-state index contributed by atoms with van der Waals surface area (Å²) in [7, 11) is 0. The molecule has 0 radical (unpaired) electrons. The first-order valence-corrected chi connectivity index (χ1v) is 6.36. The highest BCUT2D eigenvalue weighted by molar-refractivity contribution is 5.97. The van der Waals surface area contributed by atoms with Crippen LogP contribution in [-0.2, 0) is 11.3 Å². The van der Waals surface area contributed by atoms with Crippen LogP contribution < -0.4 is 4.74 Å². The molecule has 116 valence electrons. The van der Waals surface area contributed by atoms with Crippen LogP contribution in [0.5, 0.6) is 5.75 Å². The first-order valence-electron chi connectivity index (χ1n) is 6.36. The van der Waals surface area contributed by atoms with E-state index < -0.39 is 12.6 Å². The Hall–Kier alpha value is -2.70. The summed E-state index contributed by atoms with van der Waals surface area (Å²) in [6.07, 6.45) is 1.40. The maximum atomic E-state index is 12.3. The Labute approximate surface area is 124 Å². The van der Waals surface area contributed by atoms with Crippen molar-refractivity contribution in [3.05, 3.63) is 53.3 Å². The van der Waals surface area contributed by atoms with E-state index >= 15 is 0 Å². The number of Topliss-reactive ketones (excluding diaryl/α,β-unsaturated/α-hetero) is 1. The molecule has 0 unspecified atom stereocenters. The molecule has 0 atom stereocenters. The zero-order valence-corrected chi connectivity index (χ0v) is 11.6. The minimum atomic E-state index is -2.96. The fraction of sp³-hybridized carbons (Fsp3) is 0.200. The predicted octanol–water partition coefficient (Wildman–Crippen LogP) is 3.18. The maximum Gasteiger partial charge on any atom is 0.387 e. The van der Waals surface area contributed by atoms with Crippen molar-refractivity contribution in [3.8, 4) is 5.75 Å². The van der Waals surface area contributed by atoms with Crippen LogP contribution in [-0.4, -0.2) is 23.3 Å². The first-order chi connectivity index (χ1) is 10.5. The molecule has 1 aromatic heterocycles. The summed E-state index contributed by atoms with van der Waals surface area (Å²) >= 11 is 0. The molecule has 2 aromatic rings. The van der Waals surface area contributed by atoms with Gasteiger partial charge in [0.2, 0.25) is 0 Å². The Morgan fingerprint density at radius 2 is 2.00 bits per heavy atom. The Bertz CT molecular complexity index is 682. The lowest BCUT2D eigenvalue weighted by atomic mass is 10.2. The molecule has 1 N–H and O–H groups in total. The second kappa shape index (κ2) is 6.84. The highest BCUT2D eigenvalue weighted by atomic mass is 19.3. The van der Waals surface area contributed by atoms with Gasteiger partial charge in [0.1, 0.15) is 18.1 Å². The van der Waals surface area contributed by atoms with E-state index in [1.807, 2.05) is 0 Å². The van der Waals surface area contributed by atoms with Gasteiger partial charge in [0.15, 0.2) is 5.78 Å². The highest BCUT2D eigenvalue weighted by Gasteiger charge is 2.14. The van der Waals surface area contributed by atoms with Gasteiger partial charge in [0, 0.05) is 17.3 Å². The fourth-order valence-electron chi connectivity index (χ4n) is 1.77. The minimum absolute atomic E-state index is 0.0544. The van der Waals surface area contributed by atoms with Gasteiger partial charge >= 0.3 is 12.6 Å². The maximum absolute atomic E-state index is 12.3. The van der Waals surface area contributed by atoms with Crippen molar-refractivity contribution in [1.82, 2.24) is 4.98 Å². The van der Waals surface area contributed by atoms with Crippen LogP contribution in [0.15, 0.2) is 36.5 Å². The Morgan fingerprint density at radius 1 is 1.27 bits per heavy atom. The van der Waals surface area contributed by atoms with Gasteiger partial charge in [0.25, 0.3) is 0 Å². The minimum Gasteiger partial charge on any atom is -0.456 e. The van der Waals surface area contributed by atoms with E-state index in [4.69, 9.17) is 4.74 Å². The molecule has 1 heterocycles. The summed E-state index contributed by atoms with van der Waals surface area (Å²) in [5, 5.41) is 0. The van der Waals surface area contributed by atoms with Gasteiger partial charge < -0.3 is 14.5 Å². The summed E-state index contributed by atoms with van der Waals surface area (Å²) in [6, 6.07) is 7.39. The second-order valence-corrected chi connectivity index (χ2v) is 4.42. The number of hydrogen-bond acceptors (Lipinski definition) is 4. The Kier molecular flexibility index (Phi) is 4.88. The molecule has 0 fully saturated rings. The quantitative estimate of drug-likeness (QED) is 0.657. The number of carbonyl (C=O) groups excluding carboxylic acids is 2. The van der Waals surface area contributed by atoms with Gasteiger partial charge in [-0.15, -0.1) is 0 Å². The van der Waals surface area contributed by atoms with Gasteiger partial charge in [-0.05, 0) is 19.1 Å². The van der Waals surface area contributed by atoms with E-state index in [1.165, 1.54) is 37.4 Å². The van der Waals surface area contributed by atoms with Crippen LogP contribution in [0.3, 0.4) is 0 Å². The van der Waals surface area contributed by atoms with Crippen molar-refractivity contribution in [2.24, 2.45) is 0 Å². The molecule has 0 aliphatic heterocycles. The highest BCUT2D eigenvalue weighted by Crippen LogP contribution is 2.21. The normalized spacial score (nSPS) is 10.5. The van der Waals surface area contributed by atoms with Crippen molar-refractivity contribution >= 4 is 11.8 Å². The standard InChI is InChI=1S/C15H13F2NO4/c1-9(19)11-6-12(18-7-11)14(20)21-8-10-4-2-3-5-13(10)22-15(16)17/h2-7,15,18H,8H2,1H3. The third kappa shape index (κ3) is 3.91. The Balaban J connectivity index is 2.03. The van der Waals surface area contributed by atoms with E-state index in [1.54, 1.807) is 6.07 Å². The van der Waals surface area contributed by atoms with Gasteiger partial charge in [-0.2, -0.15) is 8.78 Å². The van der Waals surface area contributed by atoms with Gasteiger partial charge in [-0.1, -0.05) is 18.2 Å². The van der Waals surface area contributed by atoms with Crippen LogP contribution in [0.2, 0.25) is 0 Å². The second-order valence-electron chi connectivity index (χ2n) is 4.42. The predicted molar refractivity (Wildman–Crippen MR) is 73.0 cm³/mol. The number of nitrogens with one attached hydrogen (secondary N) is 1. The van der Waals surface area contributed by atoms with Gasteiger partial charge in [-0.25, -0.2) is 4.79 Å². The lowest BCUT2D eigenvalue weighted by Gasteiger charge is -2.10. The fourth-order valence-corrected chi connectivity index (χ4v) is 1.77. The third-order valence-electron chi connectivity index (χ3n) is 2.86. The largest absolute Gasteiger partial charge is 0.456 e. The van der Waals surface area contributed by atoms with E-state index in [-0.39, 0.29) is 23.8 Å². The van der Waals surface area contributed by atoms with Gasteiger partial charge in [-0.3, -0.25) is 4.79 Å². The SMILES string of the molecule is CC(=O)c1c[nH]c(C(=O)OCc2ccccc2OC(F)F)c1.